The number of ether oxygens (including phenoxy) is 1. The lowest BCUT2D eigenvalue weighted by molar-refractivity contribution is -0.122. The minimum absolute atomic E-state index is 0.152. The van der Waals surface area contributed by atoms with E-state index in [1.807, 2.05) is 39.0 Å². The summed E-state index contributed by atoms with van der Waals surface area (Å²) in [5, 5.41) is 3.54. The first-order valence-electron chi connectivity index (χ1n) is 7.30. The normalized spacial score (nSPS) is 11.8. The molecule has 0 unspecified atom stereocenters. The van der Waals surface area contributed by atoms with Crippen LogP contribution in [0, 0.1) is 13.8 Å². The van der Waals surface area contributed by atoms with E-state index < -0.39 is 6.10 Å². The standard InChI is InChI=1S/C18H20ClNO2/c1-4-17(22-16-9-6-14(19)7-10-16)18(21)20-15-8-5-12(2)13(3)11-15/h5-11,17H,4H2,1-3H3,(H,20,21)/t17-/m0/s1. The van der Waals surface area contributed by atoms with Gasteiger partial charge < -0.3 is 10.1 Å². The van der Waals surface area contributed by atoms with Crippen LogP contribution in [0.3, 0.4) is 0 Å². The zero-order valence-corrected chi connectivity index (χ0v) is 13.8. The molecule has 3 nitrogen and oxygen atoms in total. The summed E-state index contributed by atoms with van der Waals surface area (Å²) in [6.07, 6.45) is 0.0436. The van der Waals surface area contributed by atoms with E-state index in [0.29, 0.717) is 17.2 Å². The molecule has 1 N–H and O–H groups in total. The van der Waals surface area contributed by atoms with Crippen LogP contribution < -0.4 is 10.1 Å². The maximum absolute atomic E-state index is 12.3. The molecular weight excluding hydrogens is 298 g/mol. The van der Waals surface area contributed by atoms with E-state index in [-0.39, 0.29) is 5.91 Å². The quantitative estimate of drug-likeness (QED) is 0.864. The molecule has 0 saturated carbocycles. The van der Waals surface area contributed by atoms with Gasteiger partial charge in [-0.1, -0.05) is 24.6 Å². The number of hydrogen-bond donors (Lipinski definition) is 1. The van der Waals surface area contributed by atoms with Gasteiger partial charge in [0.25, 0.3) is 5.91 Å². The Balaban J connectivity index is 2.04. The molecule has 1 amide bonds. The van der Waals surface area contributed by atoms with Gasteiger partial charge in [-0.15, -0.1) is 0 Å². The molecule has 0 bridgehead atoms. The van der Waals surface area contributed by atoms with Gasteiger partial charge in [-0.2, -0.15) is 0 Å². The number of nitrogens with one attached hydrogen (secondary N) is 1. The lowest BCUT2D eigenvalue weighted by atomic mass is 10.1. The number of carbonyl (C=O) groups is 1. The van der Waals surface area contributed by atoms with E-state index in [1.54, 1.807) is 24.3 Å². The van der Waals surface area contributed by atoms with Gasteiger partial charge in [-0.25, -0.2) is 0 Å². The molecule has 0 heterocycles. The predicted molar refractivity (Wildman–Crippen MR) is 90.7 cm³/mol. The number of aryl methyl sites for hydroxylation is 2. The Hall–Kier alpha value is -2.00. The topological polar surface area (TPSA) is 38.3 Å². The molecule has 22 heavy (non-hydrogen) atoms. The van der Waals surface area contributed by atoms with Crippen molar-refractivity contribution in [1.82, 2.24) is 0 Å². The molecule has 0 spiro atoms. The van der Waals surface area contributed by atoms with Gasteiger partial charge in [-0.3, -0.25) is 4.79 Å². The second kappa shape index (κ2) is 7.32. The van der Waals surface area contributed by atoms with Crippen molar-refractivity contribution in [2.24, 2.45) is 0 Å². The monoisotopic (exact) mass is 317 g/mol. The molecule has 0 radical (unpaired) electrons. The third kappa shape index (κ3) is 4.25. The van der Waals surface area contributed by atoms with Crippen molar-refractivity contribution in [2.75, 3.05) is 5.32 Å². The number of benzene rings is 2. The van der Waals surface area contributed by atoms with Crippen LogP contribution in [0.15, 0.2) is 42.5 Å². The number of amides is 1. The fourth-order valence-electron chi connectivity index (χ4n) is 2.04. The van der Waals surface area contributed by atoms with Crippen molar-refractivity contribution in [3.63, 3.8) is 0 Å². The summed E-state index contributed by atoms with van der Waals surface area (Å²) in [5.41, 5.74) is 3.12. The first-order chi connectivity index (χ1) is 10.5. The Morgan fingerprint density at radius 3 is 2.41 bits per heavy atom. The Morgan fingerprint density at radius 1 is 1.14 bits per heavy atom. The first kappa shape index (κ1) is 16.4. The maximum atomic E-state index is 12.3. The van der Waals surface area contributed by atoms with E-state index in [9.17, 15) is 4.79 Å². The molecule has 2 aromatic carbocycles. The number of carbonyl (C=O) groups excluding carboxylic acids is 1. The number of rotatable bonds is 5. The van der Waals surface area contributed by atoms with Crippen LogP contribution >= 0.6 is 11.6 Å². The fourth-order valence-corrected chi connectivity index (χ4v) is 2.17. The van der Waals surface area contributed by atoms with Crippen molar-refractivity contribution in [2.45, 2.75) is 33.3 Å². The molecule has 0 aliphatic carbocycles. The SMILES string of the molecule is CC[C@H](Oc1ccc(Cl)cc1)C(=O)Nc1ccc(C)c(C)c1. The molecule has 4 heteroatoms. The van der Waals surface area contributed by atoms with Gasteiger partial charge >= 0.3 is 0 Å². The Bertz CT molecular complexity index is 653. The summed E-state index contributed by atoms with van der Waals surface area (Å²) in [6.45, 7) is 5.98. The van der Waals surface area contributed by atoms with E-state index in [2.05, 4.69) is 5.32 Å². The van der Waals surface area contributed by atoms with Crippen molar-refractivity contribution in [1.29, 1.82) is 0 Å². The van der Waals surface area contributed by atoms with E-state index in [0.717, 1.165) is 11.3 Å². The minimum atomic E-state index is -0.539. The highest BCUT2D eigenvalue weighted by Crippen LogP contribution is 2.19. The summed E-state index contributed by atoms with van der Waals surface area (Å²) >= 11 is 5.84. The Kier molecular flexibility index (Phi) is 5.45. The minimum Gasteiger partial charge on any atom is -0.481 e. The highest BCUT2D eigenvalue weighted by atomic mass is 35.5. The molecular formula is C18H20ClNO2. The highest BCUT2D eigenvalue weighted by molar-refractivity contribution is 6.30. The van der Waals surface area contributed by atoms with Crippen LogP contribution in [-0.4, -0.2) is 12.0 Å². The average molecular weight is 318 g/mol. The van der Waals surface area contributed by atoms with Gasteiger partial charge in [-0.05, 0) is 67.8 Å². The predicted octanol–water partition coefficient (Wildman–Crippen LogP) is 4.75. The molecule has 116 valence electrons. The summed E-state index contributed by atoms with van der Waals surface area (Å²) < 4.78 is 5.74. The Labute approximate surface area is 136 Å². The molecule has 0 saturated heterocycles. The van der Waals surface area contributed by atoms with E-state index in [1.165, 1.54) is 5.56 Å². The first-order valence-corrected chi connectivity index (χ1v) is 7.67. The third-order valence-corrected chi connectivity index (χ3v) is 3.78. The average Bonchev–Trinajstić information content (AvgIpc) is 2.50. The Morgan fingerprint density at radius 2 is 1.82 bits per heavy atom. The zero-order valence-electron chi connectivity index (χ0n) is 13.0. The summed E-state index contributed by atoms with van der Waals surface area (Å²) in [4.78, 5) is 12.3. The van der Waals surface area contributed by atoms with Gasteiger partial charge in [0.05, 0.1) is 0 Å². The van der Waals surface area contributed by atoms with Gasteiger partial charge in [0, 0.05) is 10.7 Å². The second-order valence-electron chi connectivity index (χ2n) is 5.26. The molecule has 0 fully saturated rings. The lowest BCUT2D eigenvalue weighted by Crippen LogP contribution is -2.32. The van der Waals surface area contributed by atoms with Crippen LogP contribution in [0.1, 0.15) is 24.5 Å². The summed E-state index contributed by atoms with van der Waals surface area (Å²) in [5.74, 6) is 0.479. The second-order valence-corrected chi connectivity index (χ2v) is 5.69. The number of hydrogen-bond acceptors (Lipinski definition) is 2. The zero-order chi connectivity index (χ0) is 16.1. The molecule has 0 aliphatic rings. The van der Waals surface area contributed by atoms with Crippen LogP contribution in [0.5, 0.6) is 5.75 Å². The maximum Gasteiger partial charge on any atom is 0.265 e. The van der Waals surface area contributed by atoms with Crippen LogP contribution in [0.25, 0.3) is 0 Å². The van der Waals surface area contributed by atoms with Crippen molar-refractivity contribution in [3.05, 3.63) is 58.6 Å². The fraction of sp³-hybridized carbons (Fsp3) is 0.278. The molecule has 2 rings (SSSR count). The van der Waals surface area contributed by atoms with Crippen LogP contribution in [0.2, 0.25) is 5.02 Å². The lowest BCUT2D eigenvalue weighted by Gasteiger charge is -2.17. The molecule has 1 atom stereocenters. The molecule has 0 aliphatic heterocycles. The van der Waals surface area contributed by atoms with Crippen molar-refractivity contribution < 1.29 is 9.53 Å². The van der Waals surface area contributed by atoms with Gasteiger partial charge in [0.15, 0.2) is 6.10 Å². The molecule has 2 aromatic rings. The summed E-state index contributed by atoms with van der Waals surface area (Å²) in [6, 6.07) is 12.8. The van der Waals surface area contributed by atoms with Gasteiger partial charge in [0.1, 0.15) is 5.75 Å². The third-order valence-electron chi connectivity index (χ3n) is 3.53. The van der Waals surface area contributed by atoms with Crippen molar-refractivity contribution in [3.8, 4) is 5.75 Å². The van der Waals surface area contributed by atoms with Crippen molar-refractivity contribution >= 4 is 23.2 Å². The van der Waals surface area contributed by atoms with E-state index in [4.69, 9.17) is 16.3 Å². The molecule has 0 aromatic heterocycles. The van der Waals surface area contributed by atoms with E-state index >= 15 is 0 Å². The number of anilines is 1. The van der Waals surface area contributed by atoms with Gasteiger partial charge in [0.2, 0.25) is 0 Å². The van der Waals surface area contributed by atoms with Crippen LogP contribution in [-0.2, 0) is 4.79 Å². The highest BCUT2D eigenvalue weighted by Gasteiger charge is 2.18. The largest absolute Gasteiger partial charge is 0.481 e. The number of halogens is 1. The van der Waals surface area contributed by atoms with Crippen LogP contribution in [0.4, 0.5) is 5.69 Å². The summed E-state index contributed by atoms with van der Waals surface area (Å²) in [7, 11) is 0. The smallest absolute Gasteiger partial charge is 0.265 e.